The maximum Gasteiger partial charge on any atom is 0.323 e. The number of H-pyrrole nitrogens is 1. The van der Waals surface area contributed by atoms with E-state index in [2.05, 4.69) is 44.4 Å². The quantitative estimate of drug-likeness (QED) is 0.778. The zero-order valence-corrected chi connectivity index (χ0v) is 13.8. The molecular formula is C16H21N7O. The fourth-order valence-corrected chi connectivity index (χ4v) is 3.19. The first kappa shape index (κ1) is 14.9. The molecule has 1 saturated carbocycles. The summed E-state index contributed by atoms with van der Waals surface area (Å²) in [5, 5.41) is 6.30. The highest BCUT2D eigenvalue weighted by Crippen LogP contribution is 2.46. The van der Waals surface area contributed by atoms with Gasteiger partial charge in [-0.1, -0.05) is 13.8 Å². The van der Waals surface area contributed by atoms with Gasteiger partial charge in [0.25, 0.3) is 0 Å². The number of hydrogen-bond donors (Lipinski definition) is 3. The smallest absolute Gasteiger partial charge is 0.323 e. The zero-order valence-electron chi connectivity index (χ0n) is 13.8. The molecular weight excluding hydrogens is 306 g/mol. The lowest BCUT2D eigenvalue weighted by atomic mass is 10.0. The molecule has 0 bridgehead atoms. The average Bonchev–Trinajstić information content (AvgIpc) is 3.00. The molecule has 3 N–H and O–H groups in total. The minimum atomic E-state index is -0.167. The molecule has 0 aromatic carbocycles. The molecule has 126 valence electrons. The Morgan fingerprint density at radius 3 is 2.92 bits per heavy atom. The summed E-state index contributed by atoms with van der Waals surface area (Å²) in [4.78, 5) is 30.1. The van der Waals surface area contributed by atoms with Gasteiger partial charge < -0.3 is 15.6 Å². The Morgan fingerprint density at radius 1 is 1.42 bits per heavy atom. The minimum Gasteiger partial charge on any atom is -0.347 e. The summed E-state index contributed by atoms with van der Waals surface area (Å²) in [5.74, 6) is 1.50. The van der Waals surface area contributed by atoms with Crippen molar-refractivity contribution in [3.63, 3.8) is 0 Å². The molecule has 3 heterocycles. The number of carbonyl (C=O) groups excluding carboxylic acids is 1. The molecule has 2 fully saturated rings. The third-order valence-electron chi connectivity index (χ3n) is 4.78. The van der Waals surface area contributed by atoms with E-state index >= 15 is 0 Å². The Balaban J connectivity index is 1.59. The number of aromatic nitrogens is 4. The van der Waals surface area contributed by atoms with Gasteiger partial charge in [0, 0.05) is 12.7 Å². The maximum atomic E-state index is 12.2. The normalized spacial score (nSPS) is 21.9. The summed E-state index contributed by atoms with van der Waals surface area (Å²) in [6, 6.07) is 1.78. The molecule has 2 aliphatic rings. The minimum absolute atomic E-state index is 0.0998. The van der Waals surface area contributed by atoms with Crippen LogP contribution in [0.5, 0.6) is 0 Å². The lowest BCUT2D eigenvalue weighted by Crippen LogP contribution is -2.38. The molecule has 24 heavy (non-hydrogen) atoms. The zero-order chi connectivity index (χ0) is 16.7. The number of imidazole rings is 1. The summed E-state index contributed by atoms with van der Waals surface area (Å²) >= 11 is 0. The van der Waals surface area contributed by atoms with E-state index in [0.717, 1.165) is 18.5 Å². The number of carbonyl (C=O) groups is 1. The summed E-state index contributed by atoms with van der Waals surface area (Å²) in [6.07, 6.45) is 7.20. The molecule has 0 unspecified atom stereocenters. The number of hydrogen-bond acceptors (Lipinski definition) is 5. The van der Waals surface area contributed by atoms with Crippen LogP contribution in [0.15, 0.2) is 24.8 Å². The van der Waals surface area contributed by atoms with Crippen molar-refractivity contribution < 1.29 is 4.79 Å². The van der Waals surface area contributed by atoms with Gasteiger partial charge in [0.05, 0.1) is 29.8 Å². The number of nitrogens with zero attached hydrogens (tertiary/aromatic N) is 4. The van der Waals surface area contributed by atoms with E-state index in [1.54, 1.807) is 23.5 Å². The van der Waals surface area contributed by atoms with Crippen molar-refractivity contribution in [3.8, 4) is 0 Å². The lowest BCUT2D eigenvalue weighted by Gasteiger charge is -2.25. The van der Waals surface area contributed by atoms with E-state index in [1.165, 1.54) is 0 Å². The van der Waals surface area contributed by atoms with Crippen LogP contribution >= 0.6 is 0 Å². The van der Waals surface area contributed by atoms with Gasteiger partial charge in [-0.2, -0.15) is 4.98 Å². The van der Waals surface area contributed by atoms with Gasteiger partial charge >= 0.3 is 6.03 Å². The van der Waals surface area contributed by atoms with Crippen LogP contribution in [0.1, 0.15) is 32.4 Å². The second-order valence-corrected chi connectivity index (χ2v) is 6.78. The molecule has 1 aliphatic carbocycles. The van der Waals surface area contributed by atoms with E-state index in [1.807, 2.05) is 6.20 Å². The predicted octanol–water partition coefficient (Wildman–Crippen LogP) is 1.86. The summed E-state index contributed by atoms with van der Waals surface area (Å²) < 4.78 is 0. The first-order valence-corrected chi connectivity index (χ1v) is 8.26. The standard InChI is InChI=1S/C16H21N7O/c1-10(2)11-7-19-15(24)23(11)13-3-6-18-14(21-13)22-16(4-5-16)12-8-17-9-20-12/h3,6,8-11H,4-5,7H2,1-2H3,(H,17,20)(H,19,24)(H,18,21,22)/t11-/m1/s1. The highest BCUT2D eigenvalue weighted by atomic mass is 16.2. The molecule has 8 nitrogen and oxygen atoms in total. The van der Waals surface area contributed by atoms with Crippen molar-refractivity contribution in [2.24, 2.45) is 5.92 Å². The van der Waals surface area contributed by atoms with Gasteiger partial charge in [-0.25, -0.2) is 14.8 Å². The number of rotatable bonds is 5. The van der Waals surface area contributed by atoms with Crippen LogP contribution in [0.25, 0.3) is 0 Å². The third-order valence-corrected chi connectivity index (χ3v) is 4.78. The van der Waals surface area contributed by atoms with Crippen molar-refractivity contribution in [3.05, 3.63) is 30.5 Å². The van der Waals surface area contributed by atoms with Crippen molar-refractivity contribution in [1.29, 1.82) is 0 Å². The van der Waals surface area contributed by atoms with Crippen molar-refractivity contribution in [1.82, 2.24) is 25.3 Å². The molecule has 4 rings (SSSR count). The Kier molecular flexibility index (Phi) is 3.40. The Morgan fingerprint density at radius 2 is 2.25 bits per heavy atom. The highest BCUT2D eigenvalue weighted by Gasteiger charge is 2.46. The molecule has 1 atom stereocenters. The number of amides is 2. The van der Waals surface area contributed by atoms with Gasteiger partial charge in [-0.3, -0.25) is 4.90 Å². The molecule has 2 aromatic rings. The van der Waals surface area contributed by atoms with Crippen molar-refractivity contribution in [2.75, 3.05) is 16.8 Å². The van der Waals surface area contributed by atoms with E-state index in [-0.39, 0.29) is 17.6 Å². The van der Waals surface area contributed by atoms with Crippen molar-refractivity contribution >= 4 is 17.8 Å². The highest BCUT2D eigenvalue weighted by molar-refractivity contribution is 5.94. The molecule has 2 amide bonds. The lowest BCUT2D eigenvalue weighted by molar-refractivity contribution is 0.251. The first-order chi connectivity index (χ1) is 11.6. The fraction of sp³-hybridized carbons (Fsp3) is 0.500. The summed E-state index contributed by atoms with van der Waals surface area (Å²) in [7, 11) is 0. The summed E-state index contributed by atoms with van der Waals surface area (Å²) in [5.41, 5.74) is 0.871. The second-order valence-electron chi connectivity index (χ2n) is 6.78. The van der Waals surface area contributed by atoms with Crippen molar-refractivity contribution in [2.45, 2.75) is 38.3 Å². The van der Waals surface area contributed by atoms with Crippen LogP contribution in [-0.4, -0.2) is 38.6 Å². The van der Waals surface area contributed by atoms with Crippen LogP contribution < -0.4 is 15.5 Å². The van der Waals surface area contributed by atoms with E-state index < -0.39 is 0 Å². The van der Waals surface area contributed by atoms with Crippen LogP contribution in [-0.2, 0) is 5.54 Å². The molecule has 1 saturated heterocycles. The van der Waals surface area contributed by atoms with Gasteiger partial charge in [-0.15, -0.1) is 0 Å². The molecule has 8 heteroatoms. The van der Waals surface area contributed by atoms with Crippen LogP contribution in [0.4, 0.5) is 16.6 Å². The van der Waals surface area contributed by atoms with E-state index in [9.17, 15) is 4.79 Å². The fourth-order valence-electron chi connectivity index (χ4n) is 3.19. The Labute approximate surface area is 140 Å². The predicted molar refractivity (Wildman–Crippen MR) is 89.7 cm³/mol. The number of aromatic amines is 1. The van der Waals surface area contributed by atoms with E-state index in [0.29, 0.717) is 24.2 Å². The van der Waals surface area contributed by atoms with E-state index in [4.69, 9.17) is 0 Å². The number of nitrogens with one attached hydrogen (secondary N) is 3. The average molecular weight is 327 g/mol. The van der Waals surface area contributed by atoms with Crippen LogP contribution in [0.3, 0.4) is 0 Å². The number of urea groups is 1. The van der Waals surface area contributed by atoms with Crippen LogP contribution in [0.2, 0.25) is 0 Å². The summed E-state index contributed by atoms with van der Waals surface area (Å²) in [6.45, 7) is 4.85. The SMILES string of the molecule is CC(C)[C@H]1CNC(=O)N1c1ccnc(NC2(c3cnc[nH]3)CC2)n1. The van der Waals surface area contributed by atoms with Gasteiger partial charge in [0.15, 0.2) is 0 Å². The second kappa shape index (κ2) is 5.47. The third kappa shape index (κ3) is 2.47. The number of anilines is 2. The van der Waals surface area contributed by atoms with Gasteiger partial charge in [0.2, 0.25) is 5.95 Å². The van der Waals surface area contributed by atoms with Gasteiger partial charge in [-0.05, 0) is 24.8 Å². The van der Waals surface area contributed by atoms with Crippen LogP contribution in [0, 0.1) is 5.92 Å². The largest absolute Gasteiger partial charge is 0.347 e. The topological polar surface area (TPSA) is 98.8 Å². The monoisotopic (exact) mass is 327 g/mol. The molecule has 1 aliphatic heterocycles. The maximum absolute atomic E-state index is 12.2. The Hall–Kier alpha value is -2.64. The first-order valence-electron chi connectivity index (χ1n) is 8.26. The molecule has 0 radical (unpaired) electrons. The molecule has 2 aromatic heterocycles. The van der Waals surface area contributed by atoms with Gasteiger partial charge in [0.1, 0.15) is 5.82 Å². The molecule has 0 spiro atoms. The Bertz CT molecular complexity index is 739.